The number of rotatable bonds is 0. The first kappa shape index (κ1) is 11.1. The first-order valence-corrected chi connectivity index (χ1v) is 7.11. The normalized spacial score (nSPS) is 12.9. The van der Waals surface area contributed by atoms with Gasteiger partial charge in [0.05, 0.1) is 0 Å². The quantitative estimate of drug-likeness (QED) is 0.541. The van der Waals surface area contributed by atoms with Crippen LogP contribution in [0.15, 0.2) is 62.8 Å². The predicted octanol–water partition coefficient (Wildman–Crippen LogP) is 5.33. The average Bonchev–Trinajstić information content (AvgIpc) is 2.35. The molecular formula is C15H11BrS. The van der Waals surface area contributed by atoms with E-state index < -0.39 is 0 Å². The summed E-state index contributed by atoms with van der Waals surface area (Å²) >= 11 is 5.49. The van der Waals surface area contributed by atoms with Gasteiger partial charge in [0.2, 0.25) is 0 Å². The summed E-state index contributed by atoms with van der Waals surface area (Å²) in [4.78, 5) is 2.67. The first-order chi connectivity index (χ1) is 8.27. The highest BCUT2D eigenvalue weighted by atomic mass is 79.9. The zero-order valence-corrected chi connectivity index (χ0v) is 11.8. The molecule has 2 aromatic carbocycles. The molecule has 0 fully saturated rings. The second-order valence-corrected chi connectivity index (χ2v) is 6.28. The first-order valence-electron chi connectivity index (χ1n) is 5.50. The lowest BCUT2D eigenvalue weighted by molar-refractivity contribution is 1.28. The van der Waals surface area contributed by atoms with E-state index >= 15 is 0 Å². The molecule has 0 aromatic heterocycles. The highest BCUT2D eigenvalue weighted by Gasteiger charge is 2.21. The van der Waals surface area contributed by atoms with Gasteiger partial charge in [-0.2, -0.15) is 0 Å². The SMILES string of the molecule is CC(Br)=C1c2ccccc2Sc2ccccc21. The average molecular weight is 303 g/mol. The van der Waals surface area contributed by atoms with E-state index in [2.05, 4.69) is 71.4 Å². The lowest BCUT2D eigenvalue weighted by atomic mass is 9.97. The molecule has 1 heterocycles. The minimum absolute atomic E-state index is 1.19. The molecule has 0 saturated carbocycles. The van der Waals surface area contributed by atoms with Crippen LogP contribution in [0, 0.1) is 0 Å². The number of hydrogen-bond donors (Lipinski definition) is 0. The smallest absolute Gasteiger partial charge is 0.0201 e. The van der Waals surface area contributed by atoms with Gasteiger partial charge in [0.25, 0.3) is 0 Å². The highest BCUT2D eigenvalue weighted by molar-refractivity contribution is 9.11. The van der Waals surface area contributed by atoms with Crippen LogP contribution in [0.2, 0.25) is 0 Å². The van der Waals surface area contributed by atoms with Crippen LogP contribution in [0.25, 0.3) is 5.57 Å². The van der Waals surface area contributed by atoms with Gasteiger partial charge in [-0.25, -0.2) is 0 Å². The van der Waals surface area contributed by atoms with Gasteiger partial charge >= 0.3 is 0 Å². The molecule has 1 aliphatic rings. The molecule has 0 bridgehead atoms. The van der Waals surface area contributed by atoms with Crippen LogP contribution in [-0.2, 0) is 0 Å². The van der Waals surface area contributed by atoms with E-state index in [1.165, 1.54) is 31.0 Å². The maximum absolute atomic E-state index is 3.65. The van der Waals surface area contributed by atoms with Crippen molar-refractivity contribution in [2.24, 2.45) is 0 Å². The number of fused-ring (bicyclic) bond motifs is 2. The number of allylic oxidation sites excluding steroid dienone is 1. The molecule has 0 atom stereocenters. The Kier molecular flexibility index (Phi) is 2.85. The minimum Gasteiger partial charge on any atom is -0.0888 e. The van der Waals surface area contributed by atoms with E-state index in [9.17, 15) is 0 Å². The topological polar surface area (TPSA) is 0 Å². The molecule has 1 aliphatic heterocycles. The van der Waals surface area contributed by atoms with E-state index in [0.717, 1.165) is 0 Å². The molecule has 84 valence electrons. The van der Waals surface area contributed by atoms with Gasteiger partial charge in [0.1, 0.15) is 0 Å². The maximum atomic E-state index is 3.65. The Morgan fingerprint density at radius 3 is 1.82 bits per heavy atom. The number of hydrogen-bond acceptors (Lipinski definition) is 1. The fourth-order valence-corrected chi connectivity index (χ4v) is 3.68. The van der Waals surface area contributed by atoms with Crippen molar-refractivity contribution in [1.29, 1.82) is 0 Å². The lowest BCUT2D eigenvalue weighted by Crippen LogP contribution is -1.99. The Bertz CT molecular complexity index is 562. The molecule has 0 N–H and O–H groups in total. The largest absolute Gasteiger partial charge is 0.0888 e. The molecule has 0 saturated heterocycles. The summed E-state index contributed by atoms with van der Waals surface area (Å²) in [6, 6.07) is 17.2. The maximum Gasteiger partial charge on any atom is 0.0201 e. The Hall–Kier alpha value is -0.990. The minimum atomic E-state index is 1.19. The van der Waals surface area contributed by atoms with Crippen LogP contribution in [0.5, 0.6) is 0 Å². The molecule has 0 spiro atoms. The molecule has 2 heteroatoms. The third-order valence-electron chi connectivity index (χ3n) is 2.88. The van der Waals surface area contributed by atoms with Crippen molar-refractivity contribution in [2.75, 3.05) is 0 Å². The second-order valence-electron chi connectivity index (χ2n) is 4.00. The standard InChI is InChI=1S/C15H11BrS/c1-10(16)15-11-6-2-4-8-13(11)17-14-9-5-3-7-12(14)15/h2-9H,1H3. The predicted molar refractivity (Wildman–Crippen MR) is 77.6 cm³/mol. The van der Waals surface area contributed by atoms with Crippen molar-refractivity contribution in [3.8, 4) is 0 Å². The van der Waals surface area contributed by atoms with Crippen molar-refractivity contribution in [2.45, 2.75) is 16.7 Å². The number of halogens is 1. The zero-order valence-electron chi connectivity index (χ0n) is 9.41. The third-order valence-corrected chi connectivity index (χ3v) is 4.43. The van der Waals surface area contributed by atoms with Crippen LogP contribution >= 0.6 is 27.7 Å². The Balaban J connectivity index is 2.33. The molecule has 0 aliphatic carbocycles. The number of benzene rings is 2. The van der Waals surface area contributed by atoms with Crippen molar-refractivity contribution >= 4 is 33.3 Å². The van der Waals surface area contributed by atoms with Crippen LogP contribution in [-0.4, -0.2) is 0 Å². The summed E-state index contributed by atoms with van der Waals surface area (Å²) in [6.07, 6.45) is 0. The fourth-order valence-electron chi connectivity index (χ4n) is 2.16. The summed E-state index contributed by atoms with van der Waals surface area (Å²) in [5.74, 6) is 0. The van der Waals surface area contributed by atoms with E-state index in [0.29, 0.717) is 0 Å². The fraction of sp³-hybridized carbons (Fsp3) is 0.0667. The Labute approximate surface area is 114 Å². The van der Waals surface area contributed by atoms with Crippen molar-refractivity contribution in [3.05, 3.63) is 64.1 Å². The van der Waals surface area contributed by atoms with Crippen LogP contribution in [0.1, 0.15) is 18.1 Å². The van der Waals surface area contributed by atoms with Gasteiger partial charge in [-0.1, -0.05) is 64.1 Å². The zero-order chi connectivity index (χ0) is 11.8. The Morgan fingerprint density at radius 1 is 0.882 bits per heavy atom. The van der Waals surface area contributed by atoms with Crippen molar-refractivity contribution in [3.63, 3.8) is 0 Å². The summed E-state index contributed by atoms with van der Waals surface area (Å²) < 4.78 is 1.19. The van der Waals surface area contributed by atoms with Crippen molar-refractivity contribution in [1.82, 2.24) is 0 Å². The van der Waals surface area contributed by atoms with Gasteiger partial charge in [0, 0.05) is 19.8 Å². The van der Waals surface area contributed by atoms with Gasteiger partial charge < -0.3 is 0 Å². The van der Waals surface area contributed by atoms with Gasteiger partial charge in [-0.15, -0.1) is 0 Å². The molecule has 0 unspecified atom stereocenters. The third kappa shape index (κ3) is 1.85. The van der Waals surface area contributed by atoms with Gasteiger partial charge in [-0.05, 0) is 30.2 Å². The highest BCUT2D eigenvalue weighted by Crippen LogP contribution is 2.46. The summed E-state index contributed by atoms with van der Waals surface area (Å²) in [5, 5.41) is 0. The molecule has 3 rings (SSSR count). The monoisotopic (exact) mass is 302 g/mol. The second kappa shape index (κ2) is 4.35. The van der Waals surface area contributed by atoms with E-state index in [1.54, 1.807) is 0 Å². The van der Waals surface area contributed by atoms with Crippen LogP contribution in [0.4, 0.5) is 0 Å². The molecule has 0 nitrogen and oxygen atoms in total. The van der Waals surface area contributed by atoms with Crippen LogP contribution < -0.4 is 0 Å². The van der Waals surface area contributed by atoms with Gasteiger partial charge in [-0.3, -0.25) is 0 Å². The summed E-state index contributed by atoms with van der Waals surface area (Å²) in [6.45, 7) is 2.11. The molecular weight excluding hydrogens is 292 g/mol. The summed E-state index contributed by atoms with van der Waals surface area (Å²) in [7, 11) is 0. The van der Waals surface area contributed by atoms with E-state index in [1.807, 2.05) is 11.8 Å². The summed E-state index contributed by atoms with van der Waals surface area (Å²) in [5.41, 5.74) is 3.96. The van der Waals surface area contributed by atoms with E-state index in [4.69, 9.17) is 0 Å². The lowest BCUT2D eigenvalue weighted by Gasteiger charge is -2.22. The molecule has 17 heavy (non-hydrogen) atoms. The molecule has 0 radical (unpaired) electrons. The molecule has 0 amide bonds. The van der Waals surface area contributed by atoms with Crippen molar-refractivity contribution < 1.29 is 0 Å². The molecule has 2 aromatic rings. The Morgan fingerprint density at radius 2 is 1.35 bits per heavy atom. The van der Waals surface area contributed by atoms with Crippen LogP contribution in [0.3, 0.4) is 0 Å². The van der Waals surface area contributed by atoms with Gasteiger partial charge in [0.15, 0.2) is 0 Å². The van der Waals surface area contributed by atoms with E-state index in [-0.39, 0.29) is 0 Å².